The van der Waals surface area contributed by atoms with Crippen molar-refractivity contribution in [2.45, 2.75) is 84.7 Å². The number of likely N-dealkylation sites (N-methyl/N-ethyl adjacent to an activating group) is 3. The number of carbonyl (C=O) groups is 2. The number of halogens is 4. The lowest BCUT2D eigenvalue weighted by Crippen LogP contribution is -2.50. The van der Waals surface area contributed by atoms with Gasteiger partial charge in [-0.25, -0.2) is 9.37 Å². The van der Waals surface area contributed by atoms with Crippen LogP contribution in [0.5, 0.6) is 11.5 Å². The predicted octanol–water partition coefficient (Wildman–Crippen LogP) is 8.52. The van der Waals surface area contributed by atoms with Crippen LogP contribution in [0.3, 0.4) is 0 Å². The van der Waals surface area contributed by atoms with Gasteiger partial charge >= 0.3 is 22.0 Å². The first kappa shape index (κ1) is 42.5. The third-order valence-corrected chi connectivity index (χ3v) is 16.4. The molecule has 1 saturated heterocycles. The van der Waals surface area contributed by atoms with Crippen LogP contribution in [-0.4, -0.2) is 79.1 Å². The van der Waals surface area contributed by atoms with Crippen molar-refractivity contribution < 1.29 is 36.5 Å². The molecule has 4 aliphatic heterocycles. The average Bonchev–Trinajstić information content (AvgIpc) is 3.58. The number of allylic oxidation sites excluding steroid dienone is 1. The molecular weight excluding hydrogens is 844 g/mol. The van der Waals surface area contributed by atoms with E-state index in [0.717, 1.165) is 28.7 Å². The standard InChI is InChI=1S/C43H46Cl4N3O7S/c1-10-48-28-18-30-25(16-23(28)22(4)20-42(48,5)6)33(34-35(41(53)56-12-3)37(45)39(47)38(46)36(34)44)26-17-24-27(40-50(9,58(40,54)55)15-13-14-32(51)52)21-43(7,8)49(11-2)29(24)19-31(26)57-30/h16-21,40H,10-15H2,1-9H3/q+1/p+1. The Labute approximate surface area is 359 Å². The summed E-state index contributed by atoms with van der Waals surface area (Å²) >= 11 is 27.6. The second kappa shape index (κ2) is 14.6. The number of rotatable bonds is 10. The highest BCUT2D eigenvalue weighted by Gasteiger charge is 2.73. The van der Waals surface area contributed by atoms with Crippen LogP contribution in [0.15, 0.2) is 36.4 Å². The van der Waals surface area contributed by atoms with Crippen molar-refractivity contribution in [3.63, 3.8) is 0 Å². The second-order valence-corrected chi connectivity index (χ2v) is 20.2. The molecule has 0 radical (unpaired) electrons. The Morgan fingerprint density at radius 1 is 0.931 bits per heavy atom. The number of esters is 1. The number of aliphatic carboxylic acids is 1. The number of benzene rings is 3. The molecule has 2 unspecified atom stereocenters. The van der Waals surface area contributed by atoms with Crippen LogP contribution in [0.1, 0.15) is 101 Å². The van der Waals surface area contributed by atoms with E-state index in [4.69, 9.17) is 55.9 Å². The zero-order valence-corrected chi connectivity index (χ0v) is 37.8. The fraction of sp³-hybridized carbons (Fsp3) is 0.419. The fourth-order valence-corrected chi connectivity index (χ4v) is 12.6. The van der Waals surface area contributed by atoms with Gasteiger partial charge in [0.1, 0.15) is 18.0 Å². The minimum absolute atomic E-state index is 0.0218. The first-order valence-corrected chi connectivity index (χ1v) is 22.3. The number of fused-ring (bicyclic) bond motifs is 4. The molecule has 3 aromatic rings. The first-order chi connectivity index (χ1) is 27.1. The van der Waals surface area contributed by atoms with Crippen LogP contribution in [0.4, 0.5) is 5.69 Å². The predicted molar refractivity (Wildman–Crippen MR) is 231 cm³/mol. The largest absolute Gasteiger partial charge is 0.481 e. The number of carboxylic acid groups (broad SMARTS) is 1. The Hall–Kier alpha value is -3.58. The number of anilines is 1. The lowest BCUT2D eigenvalue weighted by atomic mass is 9.83. The monoisotopic (exact) mass is 889 g/mol. The molecule has 4 aliphatic rings. The molecule has 308 valence electrons. The maximum Gasteiger partial charge on any atom is 0.357 e. The summed E-state index contributed by atoms with van der Waals surface area (Å²) in [5, 5.41) is 9.37. The molecule has 1 N–H and O–H groups in total. The van der Waals surface area contributed by atoms with Crippen LogP contribution in [-0.2, 0) is 19.6 Å². The van der Waals surface area contributed by atoms with E-state index >= 15 is 0 Å². The lowest BCUT2D eigenvalue weighted by molar-refractivity contribution is -0.722. The quantitative estimate of drug-likeness (QED) is 0.0422. The van der Waals surface area contributed by atoms with Crippen molar-refractivity contribution in [1.29, 1.82) is 0 Å². The van der Waals surface area contributed by atoms with Gasteiger partial charge in [-0.1, -0.05) is 52.5 Å². The molecule has 0 bridgehead atoms. The van der Waals surface area contributed by atoms with Crippen molar-refractivity contribution in [2.24, 2.45) is 0 Å². The molecule has 0 aliphatic carbocycles. The summed E-state index contributed by atoms with van der Waals surface area (Å²) < 4.78 is 42.4. The summed E-state index contributed by atoms with van der Waals surface area (Å²) in [6.45, 7) is 17.7. The molecule has 1 fully saturated rings. The van der Waals surface area contributed by atoms with Gasteiger partial charge in [-0.15, -0.1) is 0 Å². The number of hydrogen-bond acceptors (Lipinski definition) is 7. The van der Waals surface area contributed by atoms with Crippen molar-refractivity contribution in [3.8, 4) is 11.5 Å². The third kappa shape index (κ3) is 6.38. The molecule has 0 aromatic heterocycles. The molecule has 58 heavy (non-hydrogen) atoms. The number of carbonyl (C=O) groups excluding carboxylic acids is 1. The molecular formula is C43H47Cl4N3O7S+2. The normalized spacial score (nSPS) is 21.8. The van der Waals surface area contributed by atoms with Crippen molar-refractivity contribution in [2.75, 3.05) is 38.2 Å². The van der Waals surface area contributed by atoms with Gasteiger partial charge in [0.15, 0.2) is 5.54 Å². The molecule has 0 spiro atoms. The third-order valence-electron chi connectivity index (χ3n) is 11.9. The maximum absolute atomic E-state index is 14.0. The number of ether oxygens (including phenoxy) is 2. The van der Waals surface area contributed by atoms with Crippen LogP contribution in [0.2, 0.25) is 20.1 Å². The van der Waals surface area contributed by atoms with E-state index in [2.05, 4.69) is 43.2 Å². The van der Waals surface area contributed by atoms with E-state index in [1.807, 2.05) is 51.1 Å². The summed E-state index contributed by atoms with van der Waals surface area (Å²) in [5.41, 5.74) is 4.45. The van der Waals surface area contributed by atoms with E-state index in [0.29, 0.717) is 45.5 Å². The highest BCUT2D eigenvalue weighted by molar-refractivity contribution is 7.92. The molecule has 7 rings (SSSR count). The van der Waals surface area contributed by atoms with Crippen LogP contribution in [0.25, 0.3) is 16.7 Å². The minimum atomic E-state index is -3.75. The van der Waals surface area contributed by atoms with Crippen LogP contribution >= 0.6 is 46.4 Å². The Kier molecular flexibility index (Phi) is 10.7. The summed E-state index contributed by atoms with van der Waals surface area (Å²) in [6.07, 6.45) is 4.25. The number of hydrogen-bond donors (Lipinski definition) is 1. The number of quaternary nitrogens is 1. The molecule has 10 nitrogen and oxygen atoms in total. The van der Waals surface area contributed by atoms with E-state index in [1.54, 1.807) is 14.0 Å². The second-order valence-electron chi connectivity index (χ2n) is 16.4. The van der Waals surface area contributed by atoms with Gasteiger partial charge in [0, 0.05) is 71.6 Å². The zero-order valence-electron chi connectivity index (χ0n) is 33.9. The minimum Gasteiger partial charge on any atom is -0.481 e. The Morgan fingerprint density at radius 3 is 2.22 bits per heavy atom. The van der Waals surface area contributed by atoms with Gasteiger partial charge in [0.2, 0.25) is 5.36 Å². The Bertz CT molecular complexity index is 2670. The molecule has 4 heterocycles. The highest BCUT2D eigenvalue weighted by Crippen LogP contribution is 2.52. The maximum atomic E-state index is 14.0. The summed E-state index contributed by atoms with van der Waals surface area (Å²) in [6, 6.07) is 7.84. The van der Waals surface area contributed by atoms with Crippen molar-refractivity contribution in [3.05, 3.63) is 94.9 Å². The number of sulfonamides is 1. The molecule has 2 atom stereocenters. The molecule has 0 saturated carbocycles. The van der Waals surface area contributed by atoms with Crippen LogP contribution in [0, 0.1) is 0 Å². The Morgan fingerprint density at radius 2 is 1.60 bits per heavy atom. The van der Waals surface area contributed by atoms with Gasteiger partial charge in [0.25, 0.3) is 5.37 Å². The topological polar surface area (TPSA) is 113 Å². The highest BCUT2D eigenvalue weighted by atomic mass is 35.5. The smallest absolute Gasteiger partial charge is 0.357 e. The van der Waals surface area contributed by atoms with E-state index < -0.39 is 32.9 Å². The van der Waals surface area contributed by atoms with Gasteiger partial charge in [-0.2, -0.15) is 12.3 Å². The molecule has 15 heteroatoms. The SMILES string of the molecule is CCOC(=O)c1c(Cl)c(Cl)c(Cl)c(Cl)c1C1=c2cc3c(cc2Oc2cc4c(cc21)C(C)=CC(C)(C)N4CC)=[N+](CC)C(C)(C)C=C3C1[N+](C)(CCCC(=O)O)S1(=O)=O. The average molecular weight is 892 g/mol. The fourth-order valence-electron chi connectivity index (χ4n) is 9.36. The van der Waals surface area contributed by atoms with Crippen molar-refractivity contribution >= 4 is 90.8 Å². The lowest BCUT2D eigenvalue weighted by Gasteiger charge is -2.43. The molecule has 3 aromatic carbocycles. The van der Waals surface area contributed by atoms with Crippen LogP contribution < -0.4 is 24.8 Å². The van der Waals surface area contributed by atoms with Crippen molar-refractivity contribution in [1.82, 2.24) is 4.58 Å². The molecule has 0 amide bonds. The van der Waals surface area contributed by atoms with E-state index in [9.17, 15) is 23.1 Å². The van der Waals surface area contributed by atoms with Gasteiger partial charge in [-0.3, -0.25) is 4.79 Å². The van der Waals surface area contributed by atoms with Gasteiger partial charge in [0.05, 0.1) is 69.4 Å². The Balaban J connectivity index is 1.63. The summed E-state index contributed by atoms with van der Waals surface area (Å²) in [5.74, 6) is -0.804. The van der Waals surface area contributed by atoms with E-state index in [-0.39, 0.29) is 66.6 Å². The zero-order chi connectivity index (χ0) is 42.6. The summed E-state index contributed by atoms with van der Waals surface area (Å²) in [4.78, 5) is 27.7. The number of carboxylic acids is 1. The number of nitrogens with zero attached hydrogens (tertiary/aromatic N) is 3. The first-order valence-electron chi connectivity index (χ1n) is 19.3. The van der Waals surface area contributed by atoms with Gasteiger partial charge < -0.3 is 19.5 Å². The van der Waals surface area contributed by atoms with E-state index in [1.165, 1.54) is 0 Å². The van der Waals surface area contributed by atoms with Gasteiger partial charge in [-0.05, 0) is 65.3 Å². The summed E-state index contributed by atoms with van der Waals surface area (Å²) in [7, 11) is -2.11.